The summed E-state index contributed by atoms with van der Waals surface area (Å²) < 4.78 is 25.5. The van der Waals surface area contributed by atoms with Crippen molar-refractivity contribution in [1.82, 2.24) is 9.88 Å². The molecule has 0 fully saturated rings. The molecule has 4 aromatic carbocycles. The Morgan fingerprint density at radius 2 is 1.52 bits per heavy atom. The first-order chi connectivity index (χ1) is 19.1. The number of sulfone groups is 1. The van der Waals surface area contributed by atoms with Crippen molar-refractivity contribution in [3.05, 3.63) is 130 Å². The number of nitrogens with zero attached hydrogens (tertiary/aromatic N) is 2. The highest BCUT2D eigenvalue weighted by molar-refractivity contribution is 7.90. The first-order valence-electron chi connectivity index (χ1n) is 12.6. The highest BCUT2D eigenvalue weighted by Gasteiger charge is 2.14. The Kier molecular flexibility index (Phi) is 7.23. The predicted octanol–water partition coefficient (Wildman–Crippen LogP) is 6.16. The number of nitro groups is 1. The van der Waals surface area contributed by atoms with Crippen LogP contribution in [0.15, 0.2) is 108 Å². The normalized spacial score (nSPS) is 12.2. The Hall–Kier alpha value is -4.76. The minimum Gasteiger partial charge on any atom is -0.346 e. The van der Waals surface area contributed by atoms with E-state index in [2.05, 4.69) is 9.88 Å². The van der Waals surface area contributed by atoms with Gasteiger partial charge in [-0.1, -0.05) is 48.5 Å². The topological polar surface area (TPSA) is 111 Å². The van der Waals surface area contributed by atoms with Crippen LogP contribution in [-0.4, -0.2) is 30.1 Å². The van der Waals surface area contributed by atoms with Crippen LogP contribution in [0.4, 0.5) is 5.69 Å². The number of carbonyl (C=O) groups is 1. The molecule has 0 radical (unpaired) electrons. The zero-order valence-corrected chi connectivity index (χ0v) is 22.8. The molecule has 0 unspecified atom stereocenters. The molecule has 0 saturated carbocycles. The van der Waals surface area contributed by atoms with Gasteiger partial charge in [0.15, 0.2) is 9.84 Å². The molecule has 0 spiro atoms. The fourth-order valence-electron chi connectivity index (χ4n) is 4.62. The van der Waals surface area contributed by atoms with Gasteiger partial charge in [0, 0.05) is 47.6 Å². The first-order valence-corrected chi connectivity index (χ1v) is 14.5. The molecule has 5 rings (SSSR count). The highest BCUT2D eigenvalue weighted by atomic mass is 32.2. The standard InChI is InChI=1S/C31H27N3O5S/c1-21(23-7-12-28(13-8-23)34(36)37)32-31(35)27-11-16-30-26(19-27)17-18-33(30)20-22-3-5-24(6-4-22)25-9-14-29(15-10-25)40(2,38)39/h3-19,21H,20H2,1-2H3,(H,32,35)/t21-/m0/s1. The van der Waals surface area contributed by atoms with Crippen molar-refractivity contribution in [2.75, 3.05) is 6.26 Å². The minimum atomic E-state index is -3.23. The van der Waals surface area contributed by atoms with Crippen LogP contribution >= 0.6 is 0 Å². The van der Waals surface area contributed by atoms with Gasteiger partial charge in [0.05, 0.1) is 15.9 Å². The molecule has 5 aromatic rings. The van der Waals surface area contributed by atoms with Crippen molar-refractivity contribution in [3.63, 3.8) is 0 Å². The summed E-state index contributed by atoms with van der Waals surface area (Å²) in [6, 6.07) is 28.4. The molecule has 9 heteroatoms. The molecule has 1 N–H and O–H groups in total. The third-order valence-electron chi connectivity index (χ3n) is 6.91. The Bertz CT molecular complexity index is 1810. The number of nitrogens with one attached hydrogen (secondary N) is 1. The number of hydrogen-bond acceptors (Lipinski definition) is 5. The van der Waals surface area contributed by atoms with E-state index in [9.17, 15) is 23.3 Å². The number of amides is 1. The van der Waals surface area contributed by atoms with Crippen molar-refractivity contribution in [2.24, 2.45) is 0 Å². The van der Waals surface area contributed by atoms with Gasteiger partial charge in [-0.05, 0) is 65.6 Å². The van der Waals surface area contributed by atoms with E-state index < -0.39 is 14.8 Å². The number of nitro benzene ring substituents is 1. The zero-order valence-electron chi connectivity index (χ0n) is 21.9. The molecule has 1 amide bonds. The van der Waals surface area contributed by atoms with Gasteiger partial charge in [-0.15, -0.1) is 0 Å². The number of non-ortho nitro benzene ring substituents is 1. The Balaban J connectivity index is 1.26. The lowest BCUT2D eigenvalue weighted by molar-refractivity contribution is -0.384. The quantitative estimate of drug-likeness (QED) is 0.183. The maximum atomic E-state index is 12.9. The first kappa shape index (κ1) is 26.8. The SMILES string of the molecule is C[C@H](NC(=O)c1ccc2c(ccn2Cc2ccc(-c3ccc(S(C)(=O)=O)cc3)cc2)c1)c1ccc([N+](=O)[O-])cc1. The predicted molar refractivity (Wildman–Crippen MR) is 155 cm³/mol. The van der Waals surface area contributed by atoms with Crippen molar-refractivity contribution >= 4 is 32.3 Å². The monoisotopic (exact) mass is 553 g/mol. The van der Waals surface area contributed by atoms with Crippen LogP contribution in [0.3, 0.4) is 0 Å². The van der Waals surface area contributed by atoms with Crippen LogP contribution in [0, 0.1) is 10.1 Å². The summed E-state index contributed by atoms with van der Waals surface area (Å²) >= 11 is 0. The number of fused-ring (bicyclic) bond motifs is 1. The molecule has 0 bridgehead atoms. The molecule has 8 nitrogen and oxygen atoms in total. The van der Waals surface area contributed by atoms with Crippen LogP contribution in [0.1, 0.15) is 34.5 Å². The van der Waals surface area contributed by atoms with Gasteiger partial charge in [-0.3, -0.25) is 14.9 Å². The van der Waals surface area contributed by atoms with Crippen molar-refractivity contribution < 1.29 is 18.1 Å². The summed E-state index contributed by atoms with van der Waals surface area (Å²) in [4.78, 5) is 23.6. The molecule has 1 atom stereocenters. The third kappa shape index (κ3) is 5.79. The molecule has 202 valence electrons. The molecule has 0 saturated heterocycles. The van der Waals surface area contributed by atoms with Gasteiger partial charge in [-0.2, -0.15) is 0 Å². The van der Waals surface area contributed by atoms with Crippen molar-refractivity contribution in [1.29, 1.82) is 0 Å². The average molecular weight is 554 g/mol. The van der Waals surface area contributed by atoms with Crippen molar-refractivity contribution in [3.8, 4) is 11.1 Å². The maximum Gasteiger partial charge on any atom is 0.269 e. The fourth-order valence-corrected chi connectivity index (χ4v) is 5.25. The highest BCUT2D eigenvalue weighted by Crippen LogP contribution is 2.24. The van der Waals surface area contributed by atoms with Gasteiger partial charge in [0.2, 0.25) is 0 Å². The molecular weight excluding hydrogens is 526 g/mol. The van der Waals surface area contributed by atoms with Gasteiger partial charge >= 0.3 is 0 Å². The zero-order chi connectivity index (χ0) is 28.4. The molecule has 0 aliphatic carbocycles. The summed E-state index contributed by atoms with van der Waals surface area (Å²) in [5.74, 6) is -0.222. The largest absolute Gasteiger partial charge is 0.346 e. The second-order valence-electron chi connectivity index (χ2n) is 9.75. The average Bonchev–Trinajstić information content (AvgIpc) is 3.35. The van der Waals surface area contributed by atoms with E-state index >= 15 is 0 Å². The van der Waals surface area contributed by atoms with Crippen LogP contribution in [0.25, 0.3) is 22.0 Å². The summed E-state index contributed by atoms with van der Waals surface area (Å²) in [7, 11) is -3.23. The smallest absolute Gasteiger partial charge is 0.269 e. The van der Waals surface area contributed by atoms with Crippen LogP contribution in [-0.2, 0) is 16.4 Å². The Labute approximate surface area is 232 Å². The van der Waals surface area contributed by atoms with Gasteiger partial charge in [-0.25, -0.2) is 8.42 Å². The lowest BCUT2D eigenvalue weighted by Crippen LogP contribution is -2.26. The number of carbonyl (C=O) groups excluding carboxylic acids is 1. The van der Waals surface area contributed by atoms with E-state index in [-0.39, 0.29) is 17.6 Å². The van der Waals surface area contributed by atoms with Crippen LogP contribution in [0.5, 0.6) is 0 Å². The molecule has 0 aliphatic rings. The third-order valence-corrected chi connectivity index (χ3v) is 8.04. The number of rotatable bonds is 8. The Morgan fingerprint density at radius 3 is 2.12 bits per heavy atom. The molecular formula is C31H27N3O5S. The van der Waals surface area contributed by atoms with E-state index in [0.717, 1.165) is 33.2 Å². The lowest BCUT2D eigenvalue weighted by atomic mass is 10.0. The number of benzene rings is 4. The maximum absolute atomic E-state index is 12.9. The van der Waals surface area contributed by atoms with Gasteiger partial charge in [0.1, 0.15) is 0 Å². The van der Waals surface area contributed by atoms with Gasteiger partial charge in [0.25, 0.3) is 11.6 Å². The van der Waals surface area contributed by atoms with Crippen molar-refractivity contribution in [2.45, 2.75) is 24.4 Å². The van der Waals surface area contributed by atoms with Crippen LogP contribution in [0.2, 0.25) is 0 Å². The second-order valence-corrected chi connectivity index (χ2v) is 11.8. The van der Waals surface area contributed by atoms with E-state index in [0.29, 0.717) is 17.0 Å². The molecule has 0 aliphatic heterocycles. The lowest BCUT2D eigenvalue weighted by Gasteiger charge is -2.14. The molecule has 40 heavy (non-hydrogen) atoms. The van der Waals surface area contributed by atoms with E-state index in [1.54, 1.807) is 30.3 Å². The van der Waals surface area contributed by atoms with E-state index in [1.807, 2.05) is 67.7 Å². The fraction of sp³-hybridized carbons (Fsp3) is 0.129. The Morgan fingerprint density at radius 1 is 0.900 bits per heavy atom. The number of hydrogen-bond donors (Lipinski definition) is 1. The summed E-state index contributed by atoms with van der Waals surface area (Å²) in [5.41, 5.74) is 5.37. The number of aromatic nitrogens is 1. The van der Waals surface area contributed by atoms with E-state index in [1.165, 1.54) is 18.4 Å². The van der Waals surface area contributed by atoms with Crippen LogP contribution < -0.4 is 5.32 Å². The summed E-state index contributed by atoms with van der Waals surface area (Å²) in [6.45, 7) is 2.49. The molecule has 1 aromatic heterocycles. The minimum absolute atomic E-state index is 0.00871. The van der Waals surface area contributed by atoms with E-state index in [4.69, 9.17) is 0 Å². The second kappa shape index (κ2) is 10.8. The summed E-state index contributed by atoms with van der Waals surface area (Å²) in [5, 5.41) is 14.8. The summed E-state index contributed by atoms with van der Waals surface area (Å²) in [6.07, 6.45) is 3.19. The molecule has 1 heterocycles. The van der Waals surface area contributed by atoms with Gasteiger partial charge < -0.3 is 9.88 Å².